The van der Waals surface area contributed by atoms with Crippen LogP contribution in [0.2, 0.25) is 0 Å². The van der Waals surface area contributed by atoms with Crippen molar-refractivity contribution in [2.75, 3.05) is 5.73 Å². The van der Waals surface area contributed by atoms with Crippen molar-refractivity contribution in [3.8, 4) is 0 Å². The number of nitrogen functional groups attached to an aromatic ring is 1. The Morgan fingerprint density at radius 3 is 1.52 bits per heavy atom. The lowest BCUT2D eigenvalue weighted by atomic mass is 9.80. The molecule has 0 amide bonds. The quantitative estimate of drug-likeness (QED) is 0.235. The Morgan fingerprint density at radius 1 is 0.655 bits per heavy atom. The molecule has 0 saturated heterocycles. The van der Waals surface area contributed by atoms with Crippen molar-refractivity contribution in [2.45, 2.75) is 17.1 Å². The molecule has 0 unspecified atom stereocenters. The summed E-state index contributed by atoms with van der Waals surface area (Å²) in [5.74, 6) is 0. The van der Waals surface area contributed by atoms with E-state index in [-0.39, 0.29) is 0 Å². The molecule has 0 aliphatic carbocycles. The van der Waals surface area contributed by atoms with Gasteiger partial charge in [-0.05, 0) is 34.4 Å². The van der Waals surface area contributed by atoms with E-state index in [1.165, 1.54) is 0 Å². The van der Waals surface area contributed by atoms with E-state index in [1.54, 1.807) is 0 Å². The first-order valence-corrected chi connectivity index (χ1v) is 10.0. The molecule has 4 rings (SSSR count). The second-order valence-corrected chi connectivity index (χ2v) is 7.44. The molecule has 0 radical (unpaired) electrons. The predicted octanol–water partition coefficient (Wildman–Crippen LogP) is 6.07. The van der Waals surface area contributed by atoms with Crippen molar-refractivity contribution < 1.29 is 4.74 Å². The summed E-state index contributed by atoms with van der Waals surface area (Å²) >= 11 is 4.46. The molecule has 0 bridgehead atoms. The highest BCUT2D eigenvalue weighted by atomic mass is 32.1. The molecule has 0 fully saturated rings. The number of benzene rings is 4. The van der Waals surface area contributed by atoms with Gasteiger partial charge in [0.1, 0.15) is 5.60 Å². The minimum absolute atomic E-state index is 0.423. The molecule has 0 spiro atoms. The fraction of sp³-hybridized carbons (Fsp3) is 0.0769. The Kier molecular flexibility index (Phi) is 5.70. The van der Waals surface area contributed by atoms with Gasteiger partial charge in [-0.2, -0.15) is 0 Å². The highest BCUT2D eigenvalue weighted by molar-refractivity contribution is 7.80. The number of anilines is 1. The van der Waals surface area contributed by atoms with Crippen LogP contribution >= 0.6 is 12.6 Å². The summed E-state index contributed by atoms with van der Waals surface area (Å²) in [7, 11) is 0. The van der Waals surface area contributed by atoms with Crippen LogP contribution in [0, 0.1) is 0 Å². The van der Waals surface area contributed by atoms with E-state index in [4.69, 9.17) is 10.5 Å². The highest BCUT2D eigenvalue weighted by Gasteiger charge is 2.37. The standard InChI is InChI=1S/C26H23NOS/c27-24-17-16-20(18-25(24)29)19-28-26(21-10-4-1-5-11-21,22-12-6-2-7-13-22)23-14-8-3-9-15-23/h1-18,29H,19,27H2. The van der Waals surface area contributed by atoms with Crippen molar-refractivity contribution >= 4 is 18.3 Å². The van der Waals surface area contributed by atoms with Gasteiger partial charge in [0, 0.05) is 10.6 Å². The maximum atomic E-state index is 6.79. The molecule has 4 aromatic rings. The molecule has 0 aliphatic heterocycles. The fourth-order valence-corrected chi connectivity index (χ4v) is 3.88. The zero-order valence-corrected chi connectivity index (χ0v) is 16.9. The minimum atomic E-state index is -0.734. The van der Waals surface area contributed by atoms with Crippen LogP contribution in [0.1, 0.15) is 22.3 Å². The van der Waals surface area contributed by atoms with Gasteiger partial charge in [-0.25, -0.2) is 0 Å². The van der Waals surface area contributed by atoms with Crippen LogP contribution < -0.4 is 5.73 Å². The van der Waals surface area contributed by atoms with E-state index in [0.717, 1.165) is 27.1 Å². The van der Waals surface area contributed by atoms with Crippen molar-refractivity contribution in [1.29, 1.82) is 0 Å². The first kappa shape index (κ1) is 19.3. The first-order chi connectivity index (χ1) is 14.2. The van der Waals surface area contributed by atoms with E-state index in [0.29, 0.717) is 12.3 Å². The molecule has 2 N–H and O–H groups in total. The monoisotopic (exact) mass is 397 g/mol. The third-order valence-electron chi connectivity index (χ3n) is 5.09. The number of nitrogens with two attached hydrogens (primary N) is 1. The topological polar surface area (TPSA) is 35.2 Å². The lowest BCUT2D eigenvalue weighted by Crippen LogP contribution is -2.32. The first-order valence-electron chi connectivity index (χ1n) is 9.58. The van der Waals surface area contributed by atoms with Gasteiger partial charge in [0.15, 0.2) is 0 Å². The number of ether oxygens (including phenoxy) is 1. The van der Waals surface area contributed by atoms with Crippen LogP contribution in [0.15, 0.2) is 114 Å². The Balaban J connectivity index is 1.86. The second-order valence-electron chi connectivity index (χ2n) is 6.96. The summed E-state index contributed by atoms with van der Waals surface area (Å²) < 4.78 is 6.79. The van der Waals surface area contributed by atoms with E-state index in [9.17, 15) is 0 Å². The maximum absolute atomic E-state index is 6.79. The number of thiol groups is 1. The molecule has 0 aliphatic rings. The van der Waals surface area contributed by atoms with Crippen molar-refractivity contribution in [3.05, 3.63) is 131 Å². The van der Waals surface area contributed by atoms with Crippen LogP contribution in [-0.2, 0) is 16.9 Å². The number of hydrogen-bond donors (Lipinski definition) is 2. The van der Waals surface area contributed by atoms with Gasteiger partial charge < -0.3 is 10.5 Å². The number of rotatable bonds is 6. The summed E-state index contributed by atoms with van der Waals surface area (Å²) in [5, 5.41) is 0. The fourth-order valence-electron chi connectivity index (χ4n) is 3.64. The Morgan fingerprint density at radius 2 is 1.10 bits per heavy atom. The van der Waals surface area contributed by atoms with Gasteiger partial charge >= 0.3 is 0 Å². The molecule has 0 aromatic heterocycles. The Hall–Kier alpha value is -3.01. The van der Waals surface area contributed by atoms with Crippen LogP contribution in [0.4, 0.5) is 5.69 Å². The SMILES string of the molecule is Nc1ccc(COC(c2ccccc2)(c2ccccc2)c2ccccc2)cc1S. The van der Waals surface area contributed by atoms with Gasteiger partial charge in [-0.1, -0.05) is 97.1 Å². The van der Waals surface area contributed by atoms with Crippen LogP contribution in [0.5, 0.6) is 0 Å². The van der Waals surface area contributed by atoms with Crippen LogP contribution in [0.3, 0.4) is 0 Å². The van der Waals surface area contributed by atoms with E-state index < -0.39 is 5.60 Å². The zero-order chi connectivity index (χ0) is 20.1. The molecule has 0 saturated carbocycles. The van der Waals surface area contributed by atoms with Crippen LogP contribution in [-0.4, -0.2) is 0 Å². The predicted molar refractivity (Wildman–Crippen MR) is 122 cm³/mol. The Labute approximate surface area is 177 Å². The van der Waals surface area contributed by atoms with E-state index >= 15 is 0 Å². The lowest BCUT2D eigenvalue weighted by Gasteiger charge is -2.36. The number of hydrogen-bond acceptors (Lipinski definition) is 3. The molecule has 3 heteroatoms. The van der Waals surface area contributed by atoms with Gasteiger partial charge in [0.2, 0.25) is 0 Å². The highest BCUT2D eigenvalue weighted by Crippen LogP contribution is 2.41. The third kappa shape index (κ3) is 3.93. The summed E-state index contributed by atoms with van der Waals surface area (Å²) in [6.45, 7) is 0.423. The molecule has 4 aromatic carbocycles. The van der Waals surface area contributed by atoms with E-state index in [2.05, 4.69) is 49.0 Å². The van der Waals surface area contributed by atoms with Crippen molar-refractivity contribution in [2.24, 2.45) is 0 Å². The van der Waals surface area contributed by atoms with Gasteiger partial charge in [-0.15, -0.1) is 12.6 Å². The van der Waals surface area contributed by atoms with Crippen molar-refractivity contribution in [3.63, 3.8) is 0 Å². The lowest BCUT2D eigenvalue weighted by molar-refractivity contribution is 0.000178. The van der Waals surface area contributed by atoms with Gasteiger partial charge in [0.25, 0.3) is 0 Å². The maximum Gasteiger partial charge on any atom is 0.144 e. The van der Waals surface area contributed by atoms with Crippen molar-refractivity contribution in [1.82, 2.24) is 0 Å². The second kappa shape index (κ2) is 8.56. The molecule has 0 atom stereocenters. The summed E-state index contributed by atoms with van der Waals surface area (Å²) in [4.78, 5) is 0.760. The largest absolute Gasteiger partial charge is 0.398 e. The average molecular weight is 398 g/mol. The third-order valence-corrected chi connectivity index (χ3v) is 5.48. The molecule has 144 valence electrons. The Bertz CT molecular complexity index is 969. The van der Waals surface area contributed by atoms with Gasteiger partial charge in [0.05, 0.1) is 6.61 Å². The normalized spacial score (nSPS) is 11.3. The van der Waals surface area contributed by atoms with Crippen LogP contribution in [0.25, 0.3) is 0 Å². The average Bonchev–Trinajstić information content (AvgIpc) is 2.79. The smallest absolute Gasteiger partial charge is 0.144 e. The molecule has 29 heavy (non-hydrogen) atoms. The molecule has 0 heterocycles. The summed E-state index contributed by atoms with van der Waals surface area (Å²) in [5.41, 5.74) is 10.1. The summed E-state index contributed by atoms with van der Waals surface area (Å²) in [6, 6.07) is 36.9. The molecule has 2 nitrogen and oxygen atoms in total. The minimum Gasteiger partial charge on any atom is -0.398 e. The zero-order valence-electron chi connectivity index (χ0n) is 16.0. The molecular weight excluding hydrogens is 374 g/mol. The van der Waals surface area contributed by atoms with Gasteiger partial charge in [-0.3, -0.25) is 0 Å². The molecular formula is C26H23NOS. The van der Waals surface area contributed by atoms with E-state index in [1.807, 2.05) is 72.8 Å². The summed E-state index contributed by atoms with van der Waals surface area (Å²) in [6.07, 6.45) is 0.